The fraction of sp³-hybridized carbons (Fsp3) is 0.188. The first-order valence-corrected chi connectivity index (χ1v) is 6.92. The van der Waals surface area contributed by atoms with E-state index in [0.29, 0.717) is 11.7 Å². The van der Waals surface area contributed by atoms with Gasteiger partial charge in [-0.25, -0.2) is 0 Å². The summed E-state index contributed by atoms with van der Waals surface area (Å²) in [6.07, 6.45) is 1.78. The Hall–Kier alpha value is -2.89. The highest BCUT2D eigenvalue weighted by atomic mass is 16.5. The topological polar surface area (TPSA) is 68.5 Å². The van der Waals surface area contributed by atoms with Crippen LogP contribution in [0.4, 0.5) is 5.69 Å². The van der Waals surface area contributed by atoms with Crippen LogP contribution in [0.2, 0.25) is 0 Å². The van der Waals surface area contributed by atoms with Gasteiger partial charge in [-0.3, -0.25) is 9.20 Å². The second-order valence-electron chi connectivity index (χ2n) is 5.12. The molecule has 6 heteroatoms. The summed E-state index contributed by atoms with van der Waals surface area (Å²) in [6.45, 7) is 3.85. The van der Waals surface area contributed by atoms with Gasteiger partial charge in [0.05, 0.1) is 0 Å². The van der Waals surface area contributed by atoms with Crippen molar-refractivity contribution in [3.05, 3.63) is 53.7 Å². The van der Waals surface area contributed by atoms with Gasteiger partial charge in [-0.15, -0.1) is 5.10 Å². The number of nitrogens with zero attached hydrogens (tertiary/aromatic N) is 3. The molecular formula is C16H16N4O2. The lowest BCUT2D eigenvalue weighted by Crippen LogP contribution is -2.21. The number of nitrogens with one attached hydrogen (secondary N) is 1. The molecule has 2 aromatic heterocycles. The van der Waals surface area contributed by atoms with Gasteiger partial charge in [-0.1, -0.05) is 17.2 Å². The molecule has 0 bridgehead atoms. The summed E-state index contributed by atoms with van der Waals surface area (Å²) in [5.41, 5.74) is 3.63. The molecule has 6 nitrogen and oxygen atoms in total. The van der Waals surface area contributed by atoms with E-state index in [2.05, 4.69) is 21.6 Å². The van der Waals surface area contributed by atoms with Crippen molar-refractivity contribution in [1.29, 1.82) is 0 Å². The highest BCUT2D eigenvalue weighted by molar-refractivity contribution is 5.92. The minimum Gasteiger partial charge on any atom is -0.453 e. The zero-order chi connectivity index (χ0) is 15.5. The predicted octanol–water partition coefficient (Wildman–Crippen LogP) is 2.36. The Morgan fingerprint density at radius 2 is 1.95 bits per heavy atom. The summed E-state index contributed by atoms with van der Waals surface area (Å²) < 4.78 is 7.12. The van der Waals surface area contributed by atoms with Gasteiger partial charge in [0, 0.05) is 11.9 Å². The third-order valence-corrected chi connectivity index (χ3v) is 3.12. The number of carbonyl (C=O) groups excluding carboxylic acids is 1. The zero-order valence-electron chi connectivity index (χ0n) is 12.4. The largest absolute Gasteiger partial charge is 0.453 e. The summed E-state index contributed by atoms with van der Waals surface area (Å²) >= 11 is 0. The van der Waals surface area contributed by atoms with Crippen molar-refractivity contribution in [2.45, 2.75) is 13.8 Å². The molecule has 0 fully saturated rings. The van der Waals surface area contributed by atoms with Gasteiger partial charge < -0.3 is 10.1 Å². The van der Waals surface area contributed by atoms with Crippen molar-refractivity contribution in [2.75, 3.05) is 11.9 Å². The van der Waals surface area contributed by atoms with E-state index in [0.717, 1.165) is 16.8 Å². The van der Waals surface area contributed by atoms with Crippen molar-refractivity contribution < 1.29 is 9.53 Å². The van der Waals surface area contributed by atoms with Crippen LogP contribution in [0.15, 0.2) is 42.6 Å². The first-order valence-electron chi connectivity index (χ1n) is 6.92. The zero-order valence-corrected chi connectivity index (χ0v) is 12.4. The molecule has 0 saturated carbocycles. The average molecular weight is 296 g/mol. The number of amides is 1. The molecule has 2 heterocycles. The van der Waals surface area contributed by atoms with Crippen LogP contribution in [0.1, 0.15) is 11.1 Å². The third kappa shape index (κ3) is 3.06. The van der Waals surface area contributed by atoms with Gasteiger partial charge in [-0.05, 0) is 49.2 Å². The molecule has 0 radical (unpaired) electrons. The van der Waals surface area contributed by atoms with E-state index in [4.69, 9.17) is 4.74 Å². The highest BCUT2D eigenvalue weighted by Gasteiger charge is 2.09. The predicted molar refractivity (Wildman–Crippen MR) is 83.0 cm³/mol. The van der Waals surface area contributed by atoms with Crippen molar-refractivity contribution >= 4 is 17.2 Å². The van der Waals surface area contributed by atoms with Crippen LogP contribution in [0, 0.1) is 13.8 Å². The van der Waals surface area contributed by atoms with Gasteiger partial charge in [0.1, 0.15) is 0 Å². The number of fused-ring (bicyclic) bond motifs is 1. The Morgan fingerprint density at radius 1 is 1.18 bits per heavy atom. The maximum absolute atomic E-state index is 12.0. The van der Waals surface area contributed by atoms with Crippen LogP contribution in [0.25, 0.3) is 5.65 Å². The molecule has 0 spiro atoms. The molecular weight excluding hydrogens is 280 g/mol. The van der Waals surface area contributed by atoms with E-state index in [1.54, 1.807) is 10.6 Å². The number of aryl methyl sites for hydroxylation is 2. The summed E-state index contributed by atoms with van der Waals surface area (Å²) in [4.78, 5) is 12.0. The Labute approximate surface area is 127 Å². The van der Waals surface area contributed by atoms with E-state index in [1.807, 2.05) is 44.2 Å². The summed E-state index contributed by atoms with van der Waals surface area (Å²) in [7, 11) is 0. The number of anilines is 1. The van der Waals surface area contributed by atoms with Crippen molar-refractivity contribution in [2.24, 2.45) is 0 Å². The standard InChI is InChI=1S/C16H16N4O2/c1-11-7-12(2)9-13(8-11)17-15(21)10-22-16-19-18-14-5-3-4-6-20(14)16/h3-9H,10H2,1-2H3,(H,17,21). The number of benzene rings is 1. The molecule has 1 N–H and O–H groups in total. The average Bonchev–Trinajstić information content (AvgIpc) is 2.87. The van der Waals surface area contributed by atoms with E-state index in [1.165, 1.54) is 0 Å². The van der Waals surface area contributed by atoms with Crippen molar-refractivity contribution in [3.63, 3.8) is 0 Å². The van der Waals surface area contributed by atoms with Crippen LogP contribution in [-0.2, 0) is 4.79 Å². The highest BCUT2D eigenvalue weighted by Crippen LogP contribution is 2.14. The Bertz CT molecular complexity index is 806. The number of carbonyl (C=O) groups is 1. The Balaban J connectivity index is 1.65. The molecule has 22 heavy (non-hydrogen) atoms. The van der Waals surface area contributed by atoms with E-state index < -0.39 is 0 Å². The summed E-state index contributed by atoms with van der Waals surface area (Å²) in [5.74, 6) is -0.238. The Morgan fingerprint density at radius 3 is 2.73 bits per heavy atom. The van der Waals surface area contributed by atoms with E-state index >= 15 is 0 Å². The van der Waals surface area contributed by atoms with Crippen molar-refractivity contribution in [3.8, 4) is 6.01 Å². The van der Waals surface area contributed by atoms with Gasteiger partial charge in [0.2, 0.25) is 0 Å². The molecule has 0 atom stereocenters. The lowest BCUT2D eigenvalue weighted by Gasteiger charge is -2.08. The molecule has 1 amide bonds. The molecule has 3 aromatic rings. The van der Waals surface area contributed by atoms with Crippen molar-refractivity contribution in [1.82, 2.24) is 14.6 Å². The molecule has 1 aromatic carbocycles. The monoisotopic (exact) mass is 296 g/mol. The normalized spacial score (nSPS) is 10.6. The lowest BCUT2D eigenvalue weighted by atomic mass is 10.1. The van der Waals surface area contributed by atoms with Gasteiger partial charge in [0.15, 0.2) is 12.3 Å². The first-order chi connectivity index (χ1) is 10.6. The summed E-state index contributed by atoms with van der Waals surface area (Å²) in [6, 6.07) is 11.7. The van der Waals surface area contributed by atoms with Crippen LogP contribution in [0.5, 0.6) is 6.01 Å². The van der Waals surface area contributed by atoms with Crippen LogP contribution in [-0.4, -0.2) is 27.1 Å². The molecule has 0 aliphatic rings. The van der Waals surface area contributed by atoms with Crippen LogP contribution >= 0.6 is 0 Å². The number of hydrogen-bond donors (Lipinski definition) is 1. The fourth-order valence-corrected chi connectivity index (χ4v) is 2.29. The summed E-state index contributed by atoms with van der Waals surface area (Å²) in [5, 5.41) is 10.7. The Kier molecular flexibility index (Phi) is 3.74. The van der Waals surface area contributed by atoms with E-state index in [9.17, 15) is 4.79 Å². The van der Waals surface area contributed by atoms with Crippen LogP contribution in [0.3, 0.4) is 0 Å². The minimum absolute atomic E-state index is 0.122. The maximum Gasteiger partial charge on any atom is 0.322 e. The van der Waals surface area contributed by atoms with Gasteiger partial charge in [-0.2, -0.15) is 0 Å². The fourth-order valence-electron chi connectivity index (χ4n) is 2.29. The smallest absolute Gasteiger partial charge is 0.322 e. The third-order valence-electron chi connectivity index (χ3n) is 3.12. The number of ether oxygens (including phenoxy) is 1. The molecule has 0 saturated heterocycles. The maximum atomic E-state index is 12.0. The number of pyridine rings is 1. The second kappa shape index (κ2) is 5.85. The van der Waals surface area contributed by atoms with E-state index in [-0.39, 0.29) is 12.5 Å². The molecule has 112 valence electrons. The van der Waals surface area contributed by atoms with Gasteiger partial charge >= 0.3 is 6.01 Å². The minimum atomic E-state index is -0.238. The number of rotatable bonds is 4. The quantitative estimate of drug-likeness (QED) is 0.802. The molecule has 0 unspecified atom stereocenters. The second-order valence-corrected chi connectivity index (χ2v) is 5.12. The molecule has 3 rings (SSSR count). The number of hydrogen-bond acceptors (Lipinski definition) is 4. The first kappa shape index (κ1) is 14.1. The molecule has 0 aliphatic heterocycles. The SMILES string of the molecule is Cc1cc(C)cc(NC(=O)COc2nnc3ccccn23)c1. The van der Waals surface area contributed by atoms with Crippen LogP contribution < -0.4 is 10.1 Å². The van der Waals surface area contributed by atoms with Gasteiger partial charge in [0.25, 0.3) is 5.91 Å². The lowest BCUT2D eigenvalue weighted by molar-refractivity contribution is -0.118. The molecule has 0 aliphatic carbocycles. The number of aromatic nitrogens is 3.